The minimum Gasteiger partial charge on any atom is -0.469 e. The smallest absolute Gasteiger partial charge is 0.257 e. The number of ether oxygens (including phenoxy) is 2. The average Bonchev–Trinajstić information content (AvgIpc) is 3.22. The van der Waals surface area contributed by atoms with E-state index in [9.17, 15) is 4.79 Å². The second-order valence-corrected chi connectivity index (χ2v) is 6.12. The third kappa shape index (κ3) is 2.79. The Balaban J connectivity index is 1.82. The first kappa shape index (κ1) is 15.6. The summed E-state index contributed by atoms with van der Waals surface area (Å²) in [7, 11) is 1.77. The molecule has 0 N–H and O–H groups in total. The number of morpholine rings is 1. The van der Waals surface area contributed by atoms with Crippen molar-refractivity contribution in [1.82, 2.24) is 4.90 Å². The van der Waals surface area contributed by atoms with Crippen LogP contribution in [0.5, 0.6) is 0 Å². The van der Waals surface area contributed by atoms with Gasteiger partial charge in [0, 0.05) is 26.0 Å². The van der Waals surface area contributed by atoms with Gasteiger partial charge in [-0.15, -0.1) is 0 Å². The SMILES string of the molecule is CCc1occc1C(=O)N1CCOC[C@@H]1[C@H]1CCC[C@@H]1OC. The maximum atomic E-state index is 13.0. The molecule has 1 aliphatic carbocycles. The van der Waals surface area contributed by atoms with Gasteiger partial charge in [-0.3, -0.25) is 4.79 Å². The van der Waals surface area contributed by atoms with Gasteiger partial charge < -0.3 is 18.8 Å². The fourth-order valence-electron chi connectivity index (χ4n) is 3.88. The van der Waals surface area contributed by atoms with Crippen molar-refractivity contribution in [2.45, 2.75) is 44.8 Å². The molecule has 5 nitrogen and oxygen atoms in total. The Labute approximate surface area is 131 Å². The maximum absolute atomic E-state index is 13.0. The summed E-state index contributed by atoms with van der Waals surface area (Å²) in [6, 6.07) is 1.89. The summed E-state index contributed by atoms with van der Waals surface area (Å²) in [5.74, 6) is 1.21. The summed E-state index contributed by atoms with van der Waals surface area (Å²) in [4.78, 5) is 15.0. The molecule has 122 valence electrons. The molecule has 2 aliphatic rings. The molecule has 0 radical (unpaired) electrons. The molecule has 1 aliphatic heterocycles. The highest BCUT2D eigenvalue weighted by Crippen LogP contribution is 2.34. The number of amides is 1. The molecule has 3 rings (SSSR count). The number of nitrogens with zero attached hydrogens (tertiary/aromatic N) is 1. The van der Waals surface area contributed by atoms with Crippen molar-refractivity contribution in [2.24, 2.45) is 5.92 Å². The van der Waals surface area contributed by atoms with Crippen molar-refractivity contribution in [3.8, 4) is 0 Å². The normalized spacial score (nSPS) is 29.0. The predicted molar refractivity (Wildman–Crippen MR) is 81.9 cm³/mol. The van der Waals surface area contributed by atoms with E-state index < -0.39 is 0 Å². The molecule has 2 fully saturated rings. The van der Waals surface area contributed by atoms with Gasteiger partial charge in [0.15, 0.2) is 0 Å². The molecule has 1 saturated heterocycles. The summed E-state index contributed by atoms with van der Waals surface area (Å²) < 4.78 is 16.7. The Morgan fingerprint density at radius 1 is 1.45 bits per heavy atom. The molecular formula is C17H25NO4. The predicted octanol–water partition coefficient (Wildman–Crippen LogP) is 2.50. The number of hydrogen-bond donors (Lipinski definition) is 0. The molecule has 5 heteroatoms. The highest BCUT2D eigenvalue weighted by Gasteiger charge is 2.41. The zero-order valence-electron chi connectivity index (χ0n) is 13.4. The standard InChI is InChI=1S/C17H25NO4/c1-3-15-13(7-9-22-15)17(19)18-8-10-21-11-14(18)12-5-4-6-16(12)20-2/h7,9,12,14,16H,3-6,8,10-11H2,1-2H3/t12-,14-,16+/m1/s1. The van der Waals surface area contributed by atoms with Gasteiger partial charge in [-0.2, -0.15) is 0 Å². The molecule has 0 unspecified atom stereocenters. The monoisotopic (exact) mass is 307 g/mol. The van der Waals surface area contributed by atoms with E-state index in [0.29, 0.717) is 31.2 Å². The fraction of sp³-hybridized carbons (Fsp3) is 0.706. The third-order valence-corrected chi connectivity index (χ3v) is 5.02. The Morgan fingerprint density at radius 3 is 3.09 bits per heavy atom. The molecule has 1 aromatic heterocycles. The molecule has 0 spiro atoms. The van der Waals surface area contributed by atoms with Gasteiger partial charge in [0.2, 0.25) is 0 Å². The minimum atomic E-state index is 0.0700. The number of carbonyl (C=O) groups excluding carboxylic acids is 1. The van der Waals surface area contributed by atoms with Crippen LogP contribution in [0.15, 0.2) is 16.7 Å². The average molecular weight is 307 g/mol. The van der Waals surface area contributed by atoms with Crippen LogP contribution in [0.4, 0.5) is 0 Å². The van der Waals surface area contributed by atoms with Crippen LogP contribution >= 0.6 is 0 Å². The van der Waals surface area contributed by atoms with Crippen LogP contribution in [-0.2, 0) is 15.9 Å². The van der Waals surface area contributed by atoms with Crippen LogP contribution in [0.25, 0.3) is 0 Å². The first-order valence-corrected chi connectivity index (χ1v) is 8.24. The second kappa shape index (κ2) is 6.84. The fourth-order valence-corrected chi connectivity index (χ4v) is 3.88. The number of hydrogen-bond acceptors (Lipinski definition) is 4. The van der Waals surface area contributed by atoms with Gasteiger partial charge in [-0.25, -0.2) is 0 Å². The Hall–Kier alpha value is -1.33. The number of aryl methyl sites for hydroxylation is 1. The zero-order chi connectivity index (χ0) is 15.5. The first-order valence-electron chi connectivity index (χ1n) is 8.24. The highest BCUT2D eigenvalue weighted by molar-refractivity contribution is 5.95. The number of rotatable bonds is 4. The summed E-state index contributed by atoms with van der Waals surface area (Å²) >= 11 is 0. The van der Waals surface area contributed by atoms with E-state index in [2.05, 4.69) is 0 Å². The summed E-state index contributed by atoms with van der Waals surface area (Å²) in [6.07, 6.45) is 5.90. The van der Waals surface area contributed by atoms with E-state index in [1.165, 1.54) is 0 Å². The van der Waals surface area contributed by atoms with Crippen LogP contribution in [0.3, 0.4) is 0 Å². The van der Waals surface area contributed by atoms with Crippen LogP contribution in [0.2, 0.25) is 0 Å². The lowest BCUT2D eigenvalue weighted by Gasteiger charge is -2.40. The summed E-state index contributed by atoms with van der Waals surface area (Å²) in [5, 5.41) is 0. The van der Waals surface area contributed by atoms with Gasteiger partial charge in [0.05, 0.1) is 37.2 Å². The van der Waals surface area contributed by atoms with Crippen LogP contribution < -0.4 is 0 Å². The largest absolute Gasteiger partial charge is 0.469 e. The molecule has 1 saturated carbocycles. The minimum absolute atomic E-state index is 0.0700. The van der Waals surface area contributed by atoms with Crippen molar-refractivity contribution < 1.29 is 18.7 Å². The van der Waals surface area contributed by atoms with Crippen molar-refractivity contribution in [1.29, 1.82) is 0 Å². The lowest BCUT2D eigenvalue weighted by molar-refractivity contribution is -0.0461. The first-order chi connectivity index (χ1) is 10.8. The van der Waals surface area contributed by atoms with E-state index in [1.807, 2.05) is 11.8 Å². The van der Waals surface area contributed by atoms with E-state index in [4.69, 9.17) is 13.9 Å². The summed E-state index contributed by atoms with van der Waals surface area (Å²) in [6.45, 7) is 3.86. The third-order valence-electron chi connectivity index (χ3n) is 5.02. The summed E-state index contributed by atoms with van der Waals surface area (Å²) in [5.41, 5.74) is 0.696. The number of carbonyl (C=O) groups is 1. The van der Waals surface area contributed by atoms with E-state index >= 15 is 0 Å². The molecule has 0 aromatic carbocycles. The zero-order valence-corrected chi connectivity index (χ0v) is 13.4. The molecule has 1 amide bonds. The molecule has 22 heavy (non-hydrogen) atoms. The maximum Gasteiger partial charge on any atom is 0.257 e. The van der Waals surface area contributed by atoms with Crippen LogP contribution in [-0.4, -0.2) is 49.8 Å². The van der Waals surface area contributed by atoms with E-state index in [1.54, 1.807) is 19.4 Å². The van der Waals surface area contributed by atoms with E-state index in [0.717, 1.165) is 31.4 Å². The van der Waals surface area contributed by atoms with Crippen molar-refractivity contribution in [3.63, 3.8) is 0 Å². The lowest BCUT2D eigenvalue weighted by atomic mass is 9.93. The van der Waals surface area contributed by atoms with Crippen molar-refractivity contribution in [3.05, 3.63) is 23.7 Å². The quantitative estimate of drug-likeness (QED) is 0.857. The van der Waals surface area contributed by atoms with Gasteiger partial charge in [0.1, 0.15) is 5.76 Å². The molecule has 3 atom stereocenters. The molecule has 2 heterocycles. The van der Waals surface area contributed by atoms with Gasteiger partial charge in [-0.1, -0.05) is 13.3 Å². The van der Waals surface area contributed by atoms with Gasteiger partial charge in [0.25, 0.3) is 5.91 Å². The van der Waals surface area contributed by atoms with Crippen molar-refractivity contribution >= 4 is 5.91 Å². The van der Waals surface area contributed by atoms with Gasteiger partial charge >= 0.3 is 0 Å². The van der Waals surface area contributed by atoms with Crippen molar-refractivity contribution in [2.75, 3.05) is 26.9 Å². The highest BCUT2D eigenvalue weighted by atomic mass is 16.5. The van der Waals surface area contributed by atoms with E-state index in [-0.39, 0.29) is 18.1 Å². The molecule has 0 bridgehead atoms. The van der Waals surface area contributed by atoms with Crippen LogP contribution in [0.1, 0.15) is 42.3 Å². The molecule has 1 aromatic rings. The second-order valence-electron chi connectivity index (χ2n) is 6.12. The molecular weight excluding hydrogens is 282 g/mol. The Kier molecular flexibility index (Phi) is 4.84. The number of furan rings is 1. The Morgan fingerprint density at radius 2 is 2.32 bits per heavy atom. The number of methoxy groups -OCH3 is 1. The lowest BCUT2D eigenvalue weighted by Crippen LogP contribution is -2.53. The topological polar surface area (TPSA) is 51.9 Å². The van der Waals surface area contributed by atoms with Gasteiger partial charge in [-0.05, 0) is 18.9 Å². The van der Waals surface area contributed by atoms with Crippen LogP contribution in [0, 0.1) is 5.92 Å². The Bertz CT molecular complexity index is 513.